The first kappa shape index (κ1) is 39.1. The monoisotopic (exact) mass is 728 g/mol. The highest BCUT2D eigenvalue weighted by Crippen LogP contribution is 2.48. The number of carbonyl (C=O) groups excluding carboxylic acids is 3. The van der Waals surface area contributed by atoms with E-state index in [1.165, 1.54) is 17.8 Å². The van der Waals surface area contributed by atoms with Gasteiger partial charge in [0.05, 0.1) is 16.2 Å². The predicted octanol–water partition coefficient (Wildman–Crippen LogP) is 6.88. The number of para-hydroxylation sites is 1. The number of benzene rings is 4. The molecule has 0 saturated heterocycles. The van der Waals surface area contributed by atoms with E-state index < -0.39 is 51.7 Å². The average Bonchev–Trinajstić information content (AvgIpc) is 3.11. The Morgan fingerprint density at radius 1 is 0.784 bits per heavy atom. The van der Waals surface area contributed by atoms with Crippen molar-refractivity contribution in [2.45, 2.75) is 61.9 Å². The third-order valence-corrected chi connectivity index (χ3v) is 10.4. The number of hydrogen-bond donors (Lipinski definition) is 3. The Bertz CT molecular complexity index is 1670. The van der Waals surface area contributed by atoms with Crippen LogP contribution in [0.1, 0.15) is 51.3 Å². The lowest BCUT2D eigenvalue weighted by molar-refractivity contribution is -0.387. The van der Waals surface area contributed by atoms with Crippen molar-refractivity contribution in [1.82, 2.24) is 15.4 Å². The molecule has 0 aliphatic rings. The molecule has 0 saturated carbocycles. The van der Waals surface area contributed by atoms with Crippen LogP contribution in [0.4, 0.5) is 5.69 Å². The van der Waals surface area contributed by atoms with Crippen molar-refractivity contribution in [2.75, 3.05) is 12.3 Å². The van der Waals surface area contributed by atoms with E-state index in [9.17, 15) is 24.5 Å². The maximum absolute atomic E-state index is 13.9. The fourth-order valence-corrected chi connectivity index (χ4v) is 7.87. The van der Waals surface area contributed by atoms with Gasteiger partial charge in [-0.05, 0) is 61.4 Å². The van der Waals surface area contributed by atoms with E-state index in [1.54, 1.807) is 52.8 Å². The van der Waals surface area contributed by atoms with Gasteiger partial charge >= 0.3 is 5.97 Å². The zero-order chi connectivity index (χ0) is 37.0. The minimum absolute atomic E-state index is 0.102. The summed E-state index contributed by atoms with van der Waals surface area (Å²) in [5.74, 6) is -1.67. The number of nitrogens with zero attached hydrogens (tertiary/aromatic N) is 1. The Morgan fingerprint density at radius 3 is 1.75 bits per heavy atom. The van der Waals surface area contributed by atoms with Gasteiger partial charge in [-0.25, -0.2) is 9.52 Å². The summed E-state index contributed by atoms with van der Waals surface area (Å²) in [6.07, 6.45) is 0. The molecular formula is C39H44N4O6S2. The van der Waals surface area contributed by atoms with Crippen molar-refractivity contribution in [1.29, 1.82) is 0 Å². The number of esters is 1. The minimum atomic E-state index is -0.921. The van der Waals surface area contributed by atoms with Gasteiger partial charge in [-0.2, -0.15) is 0 Å². The van der Waals surface area contributed by atoms with Crippen molar-refractivity contribution in [3.05, 3.63) is 142 Å². The third kappa shape index (κ3) is 10.7. The largest absolute Gasteiger partial charge is 0.458 e. The standard InChI is InChI=1S/C39H44N4O6S2/c1-27(2)35(37(46)49-38(3,4)5)41-34(44)25-40-36(45)31(42-51-33-24-16-15-23-32(33)43(47)48)26-50-39(28-17-9-6-10-18-28,29-19-11-7-12-20-29)30-21-13-8-14-22-30/h6-24,27,31,35,42H,25-26H2,1-5H3,(H,40,45)(H,41,44)/t31-,35+/m1/s1. The smallest absolute Gasteiger partial charge is 0.329 e. The normalized spacial score (nSPS) is 12.8. The summed E-state index contributed by atoms with van der Waals surface area (Å²) < 4.78 is 7.91. The number of ether oxygens (including phenoxy) is 1. The van der Waals surface area contributed by atoms with E-state index in [0.717, 1.165) is 28.6 Å². The lowest BCUT2D eigenvalue weighted by atomic mass is 9.84. The van der Waals surface area contributed by atoms with Crippen molar-refractivity contribution < 1.29 is 24.0 Å². The van der Waals surface area contributed by atoms with Crippen molar-refractivity contribution in [2.24, 2.45) is 5.92 Å². The second-order valence-electron chi connectivity index (χ2n) is 13.1. The number of rotatable bonds is 16. The summed E-state index contributed by atoms with van der Waals surface area (Å²) in [5.41, 5.74) is 2.16. The predicted molar refractivity (Wildman–Crippen MR) is 203 cm³/mol. The van der Waals surface area contributed by atoms with Crippen LogP contribution in [0.25, 0.3) is 0 Å². The van der Waals surface area contributed by atoms with Crippen LogP contribution >= 0.6 is 23.7 Å². The van der Waals surface area contributed by atoms with Crippen LogP contribution in [-0.2, 0) is 23.9 Å². The summed E-state index contributed by atoms with van der Waals surface area (Å²) in [6.45, 7) is 8.44. The molecule has 4 aromatic rings. The van der Waals surface area contributed by atoms with Gasteiger partial charge in [0.2, 0.25) is 11.8 Å². The molecule has 3 N–H and O–H groups in total. The van der Waals surface area contributed by atoms with Crippen LogP contribution in [0.2, 0.25) is 0 Å². The SMILES string of the molecule is CC(C)[C@H](NC(=O)CNC(=O)[C@@H](CSC(c1ccccc1)(c1ccccc1)c1ccccc1)NSc1ccccc1[N+](=O)[O-])C(=O)OC(C)(C)C. The quantitative estimate of drug-likeness (QED) is 0.0370. The highest BCUT2D eigenvalue weighted by molar-refractivity contribution is 8.01. The first-order valence-corrected chi connectivity index (χ1v) is 18.4. The van der Waals surface area contributed by atoms with E-state index in [1.807, 2.05) is 54.6 Å². The molecule has 2 amide bonds. The molecule has 4 aromatic carbocycles. The molecule has 0 aliphatic heterocycles. The minimum Gasteiger partial charge on any atom is -0.458 e. The molecule has 0 aromatic heterocycles. The first-order chi connectivity index (χ1) is 24.3. The Labute approximate surface area is 307 Å². The maximum atomic E-state index is 13.9. The Kier molecular flexibility index (Phi) is 13.8. The topological polar surface area (TPSA) is 140 Å². The number of thioether (sulfide) groups is 1. The molecule has 2 atom stereocenters. The number of amides is 2. The van der Waals surface area contributed by atoms with Gasteiger partial charge < -0.3 is 15.4 Å². The Hall–Kier alpha value is -4.65. The van der Waals surface area contributed by atoms with Crippen molar-refractivity contribution in [3.63, 3.8) is 0 Å². The zero-order valence-electron chi connectivity index (χ0n) is 29.3. The van der Waals surface area contributed by atoms with Crippen LogP contribution < -0.4 is 15.4 Å². The van der Waals surface area contributed by atoms with Crippen LogP contribution in [0.3, 0.4) is 0 Å². The number of carbonyl (C=O) groups is 3. The second-order valence-corrected chi connectivity index (χ2v) is 15.2. The number of nitrogens with one attached hydrogen (secondary N) is 3. The molecule has 0 bridgehead atoms. The first-order valence-electron chi connectivity index (χ1n) is 16.6. The summed E-state index contributed by atoms with van der Waals surface area (Å²) in [7, 11) is 0. The molecule has 51 heavy (non-hydrogen) atoms. The van der Waals surface area contributed by atoms with Crippen LogP contribution in [0.5, 0.6) is 0 Å². The number of hydrogen-bond acceptors (Lipinski definition) is 9. The van der Waals surface area contributed by atoms with Crippen LogP contribution in [-0.4, -0.2) is 52.7 Å². The van der Waals surface area contributed by atoms with Gasteiger partial charge in [0.25, 0.3) is 5.69 Å². The number of nitro groups is 1. The zero-order valence-corrected chi connectivity index (χ0v) is 31.0. The molecule has 12 heteroatoms. The van der Waals surface area contributed by atoms with E-state index in [0.29, 0.717) is 4.90 Å². The highest BCUT2D eigenvalue weighted by Gasteiger charge is 2.38. The molecule has 268 valence electrons. The summed E-state index contributed by atoms with van der Waals surface area (Å²) in [4.78, 5) is 51.5. The molecular weight excluding hydrogens is 685 g/mol. The summed E-state index contributed by atoms with van der Waals surface area (Å²) in [5, 5.41) is 17.2. The van der Waals surface area contributed by atoms with Crippen molar-refractivity contribution in [3.8, 4) is 0 Å². The summed E-state index contributed by atoms with van der Waals surface area (Å²) in [6, 6.07) is 34.5. The van der Waals surface area contributed by atoms with Gasteiger partial charge in [-0.3, -0.25) is 19.7 Å². The van der Waals surface area contributed by atoms with Gasteiger partial charge in [0.15, 0.2) is 0 Å². The molecule has 0 unspecified atom stereocenters. The summed E-state index contributed by atoms with van der Waals surface area (Å²) >= 11 is 2.52. The van der Waals surface area contributed by atoms with Crippen LogP contribution in [0, 0.1) is 16.0 Å². The second kappa shape index (κ2) is 18.0. The van der Waals surface area contributed by atoms with Gasteiger partial charge in [-0.15, -0.1) is 11.8 Å². The molecule has 4 rings (SSSR count). The van der Waals surface area contributed by atoms with Gasteiger partial charge in [-0.1, -0.05) is 117 Å². The fraction of sp³-hybridized carbons (Fsp3) is 0.308. The lowest BCUT2D eigenvalue weighted by Gasteiger charge is -2.36. The maximum Gasteiger partial charge on any atom is 0.329 e. The number of nitro benzene ring substituents is 1. The van der Waals surface area contributed by atoms with Crippen molar-refractivity contribution >= 4 is 47.2 Å². The Morgan fingerprint density at radius 2 is 1.27 bits per heavy atom. The van der Waals surface area contributed by atoms with E-state index in [-0.39, 0.29) is 17.4 Å². The molecule has 10 nitrogen and oxygen atoms in total. The molecule has 0 heterocycles. The Balaban J connectivity index is 1.64. The third-order valence-electron chi connectivity index (χ3n) is 7.76. The lowest BCUT2D eigenvalue weighted by Crippen LogP contribution is -2.52. The van der Waals surface area contributed by atoms with Gasteiger partial charge in [0.1, 0.15) is 22.6 Å². The average molecular weight is 729 g/mol. The van der Waals surface area contributed by atoms with E-state index in [4.69, 9.17) is 4.74 Å². The van der Waals surface area contributed by atoms with E-state index >= 15 is 0 Å². The van der Waals surface area contributed by atoms with E-state index in [2.05, 4.69) is 51.8 Å². The molecule has 0 fully saturated rings. The van der Waals surface area contributed by atoms with Gasteiger partial charge in [0, 0.05) is 11.8 Å². The highest BCUT2D eigenvalue weighted by atomic mass is 32.2. The van der Waals surface area contributed by atoms with Crippen LogP contribution in [0.15, 0.2) is 120 Å². The fourth-order valence-electron chi connectivity index (χ4n) is 5.35. The molecule has 0 spiro atoms. The molecule has 0 radical (unpaired) electrons. The molecule has 0 aliphatic carbocycles.